The average molecular weight is 328 g/mol. The molecule has 0 saturated carbocycles. The molecule has 0 bridgehead atoms. The van der Waals surface area contributed by atoms with Gasteiger partial charge in [-0.1, -0.05) is 6.07 Å². The maximum Gasteiger partial charge on any atom is 0.273 e. The van der Waals surface area contributed by atoms with E-state index < -0.39 is 11.0 Å². The topological polar surface area (TPSA) is 94.3 Å². The number of methoxy groups -OCH3 is 2. The van der Waals surface area contributed by atoms with Gasteiger partial charge in [-0.3, -0.25) is 15.0 Å². The predicted molar refractivity (Wildman–Crippen MR) is 84.8 cm³/mol. The first-order valence-electron chi connectivity index (χ1n) is 7.32. The van der Waals surface area contributed by atoms with E-state index in [1.54, 1.807) is 26.4 Å². The van der Waals surface area contributed by atoms with Gasteiger partial charge in [0.05, 0.1) is 24.2 Å². The van der Waals surface area contributed by atoms with E-state index in [4.69, 9.17) is 14.2 Å². The van der Waals surface area contributed by atoms with Crippen molar-refractivity contribution in [3.05, 3.63) is 34.4 Å². The fraction of sp³-hybridized carbons (Fsp3) is 0.600. The van der Waals surface area contributed by atoms with E-state index in [0.29, 0.717) is 38.6 Å². The minimum atomic E-state index is -0.719. The van der Waals surface area contributed by atoms with Crippen LogP contribution in [0.3, 0.4) is 0 Å². The summed E-state index contributed by atoms with van der Waals surface area (Å²) in [5, 5.41) is 20.8. The highest BCUT2D eigenvalue weighted by molar-refractivity contribution is 5.37. The number of ether oxygens (including phenoxy) is 3. The van der Waals surface area contributed by atoms with E-state index >= 15 is 0 Å². The Morgan fingerprint density at radius 2 is 1.91 bits per heavy atom. The van der Waals surface area contributed by atoms with Crippen LogP contribution in [0.4, 0.5) is 5.69 Å². The van der Waals surface area contributed by atoms with E-state index in [-0.39, 0.29) is 12.3 Å². The number of hydrogen-bond donors (Lipinski definition) is 1. The molecule has 0 saturated heterocycles. The van der Waals surface area contributed by atoms with Crippen LogP contribution in [0.5, 0.6) is 5.75 Å². The highest BCUT2D eigenvalue weighted by Crippen LogP contribution is 2.19. The number of nitrogens with zero attached hydrogens (tertiary/aromatic N) is 2. The number of nitro groups is 1. The van der Waals surface area contributed by atoms with Gasteiger partial charge in [-0.15, -0.1) is 0 Å². The van der Waals surface area contributed by atoms with E-state index in [9.17, 15) is 15.2 Å². The van der Waals surface area contributed by atoms with Crippen molar-refractivity contribution in [2.24, 2.45) is 0 Å². The Morgan fingerprint density at radius 1 is 1.26 bits per heavy atom. The van der Waals surface area contributed by atoms with Crippen LogP contribution in [0.25, 0.3) is 0 Å². The molecule has 0 radical (unpaired) electrons. The Kier molecular flexibility index (Phi) is 9.15. The molecule has 0 aromatic heterocycles. The normalized spacial score (nSPS) is 12.3. The van der Waals surface area contributed by atoms with Gasteiger partial charge < -0.3 is 19.3 Å². The van der Waals surface area contributed by atoms with E-state index in [1.807, 2.05) is 4.90 Å². The molecule has 1 aromatic carbocycles. The molecule has 0 unspecified atom stereocenters. The molecule has 130 valence electrons. The summed E-state index contributed by atoms with van der Waals surface area (Å²) in [6, 6.07) is 5.89. The highest BCUT2D eigenvalue weighted by atomic mass is 16.6. The molecule has 1 atom stereocenters. The first-order chi connectivity index (χ1) is 11.1. The smallest absolute Gasteiger partial charge is 0.273 e. The Hall–Kier alpha value is -1.74. The Bertz CT molecular complexity index is 463. The van der Waals surface area contributed by atoms with Crippen molar-refractivity contribution in [1.29, 1.82) is 0 Å². The number of hydrogen-bond acceptors (Lipinski definition) is 7. The van der Waals surface area contributed by atoms with Crippen molar-refractivity contribution >= 4 is 5.69 Å². The third kappa shape index (κ3) is 7.89. The van der Waals surface area contributed by atoms with Crippen molar-refractivity contribution in [3.63, 3.8) is 0 Å². The van der Waals surface area contributed by atoms with Crippen LogP contribution >= 0.6 is 0 Å². The van der Waals surface area contributed by atoms with Crippen molar-refractivity contribution in [1.82, 2.24) is 4.90 Å². The second-order valence-corrected chi connectivity index (χ2v) is 5.01. The number of non-ortho nitro benzene ring substituents is 1. The lowest BCUT2D eigenvalue weighted by Crippen LogP contribution is -2.39. The maximum absolute atomic E-state index is 10.7. The lowest BCUT2D eigenvalue weighted by atomic mass is 10.3. The average Bonchev–Trinajstić information content (AvgIpc) is 2.55. The zero-order valence-corrected chi connectivity index (χ0v) is 13.5. The maximum atomic E-state index is 10.7. The second-order valence-electron chi connectivity index (χ2n) is 5.01. The minimum absolute atomic E-state index is 0.0428. The summed E-state index contributed by atoms with van der Waals surface area (Å²) in [6.45, 7) is 2.92. The number of aliphatic hydroxyl groups excluding tert-OH is 1. The molecule has 0 aliphatic heterocycles. The van der Waals surface area contributed by atoms with Gasteiger partial charge in [0, 0.05) is 39.9 Å². The SMILES string of the molecule is COCCN(CCOC)C[C@@H](O)COc1cccc([N+](=O)[O-])c1. The van der Waals surface area contributed by atoms with Gasteiger partial charge in [0.15, 0.2) is 0 Å². The molecule has 0 spiro atoms. The summed E-state index contributed by atoms with van der Waals surface area (Å²) < 4.78 is 15.5. The fourth-order valence-corrected chi connectivity index (χ4v) is 1.97. The molecule has 8 nitrogen and oxygen atoms in total. The van der Waals surface area contributed by atoms with Gasteiger partial charge in [0.2, 0.25) is 0 Å². The van der Waals surface area contributed by atoms with Crippen LogP contribution in [0.1, 0.15) is 0 Å². The standard InChI is InChI=1S/C15H24N2O6/c1-21-8-6-16(7-9-22-2)11-14(18)12-23-15-5-3-4-13(10-15)17(19)20/h3-5,10,14,18H,6-9,11-12H2,1-2H3/t14-/m1/s1. The van der Waals surface area contributed by atoms with Crippen LogP contribution in [-0.2, 0) is 9.47 Å². The molecule has 0 aliphatic rings. The van der Waals surface area contributed by atoms with Gasteiger partial charge in [0.1, 0.15) is 18.5 Å². The van der Waals surface area contributed by atoms with Crippen LogP contribution in [-0.4, -0.2) is 74.7 Å². The zero-order chi connectivity index (χ0) is 17.1. The van der Waals surface area contributed by atoms with Gasteiger partial charge in [-0.25, -0.2) is 0 Å². The van der Waals surface area contributed by atoms with Crippen molar-refractivity contribution in [3.8, 4) is 5.75 Å². The third-order valence-electron chi connectivity index (χ3n) is 3.16. The molecule has 0 fully saturated rings. The predicted octanol–water partition coefficient (Wildman–Crippen LogP) is 0.929. The van der Waals surface area contributed by atoms with Crippen LogP contribution in [0, 0.1) is 10.1 Å². The third-order valence-corrected chi connectivity index (χ3v) is 3.16. The number of rotatable bonds is 12. The van der Waals surface area contributed by atoms with Crippen LogP contribution < -0.4 is 4.74 Å². The van der Waals surface area contributed by atoms with E-state index in [2.05, 4.69) is 0 Å². The van der Waals surface area contributed by atoms with Gasteiger partial charge >= 0.3 is 0 Å². The Morgan fingerprint density at radius 3 is 2.48 bits per heavy atom. The second kappa shape index (κ2) is 10.9. The monoisotopic (exact) mass is 328 g/mol. The lowest BCUT2D eigenvalue weighted by Gasteiger charge is -2.24. The van der Waals surface area contributed by atoms with Crippen LogP contribution in [0.15, 0.2) is 24.3 Å². The van der Waals surface area contributed by atoms with Crippen molar-refractivity contribution in [2.75, 3.05) is 53.7 Å². The molecular formula is C15H24N2O6. The number of nitro benzene ring substituents is 1. The highest BCUT2D eigenvalue weighted by Gasteiger charge is 2.13. The summed E-state index contributed by atoms with van der Waals surface area (Å²) in [5.74, 6) is 0.360. The lowest BCUT2D eigenvalue weighted by molar-refractivity contribution is -0.384. The summed E-state index contributed by atoms with van der Waals surface area (Å²) in [6.07, 6.45) is -0.719. The molecule has 23 heavy (non-hydrogen) atoms. The Labute approximate surface area is 135 Å². The van der Waals surface area contributed by atoms with Gasteiger partial charge in [-0.05, 0) is 6.07 Å². The molecule has 1 rings (SSSR count). The molecule has 0 heterocycles. The van der Waals surface area contributed by atoms with Gasteiger partial charge in [0.25, 0.3) is 5.69 Å². The zero-order valence-electron chi connectivity index (χ0n) is 13.5. The molecular weight excluding hydrogens is 304 g/mol. The molecule has 1 aromatic rings. The molecule has 0 aliphatic carbocycles. The van der Waals surface area contributed by atoms with Gasteiger partial charge in [-0.2, -0.15) is 0 Å². The van der Waals surface area contributed by atoms with Crippen LogP contribution in [0.2, 0.25) is 0 Å². The fourth-order valence-electron chi connectivity index (χ4n) is 1.97. The largest absolute Gasteiger partial charge is 0.491 e. The summed E-state index contributed by atoms with van der Waals surface area (Å²) in [7, 11) is 3.24. The first-order valence-corrected chi connectivity index (χ1v) is 7.32. The summed E-state index contributed by atoms with van der Waals surface area (Å²) in [5.41, 5.74) is -0.0428. The van der Waals surface area contributed by atoms with Crippen molar-refractivity contribution in [2.45, 2.75) is 6.10 Å². The minimum Gasteiger partial charge on any atom is -0.491 e. The molecule has 0 amide bonds. The van der Waals surface area contributed by atoms with E-state index in [1.165, 1.54) is 12.1 Å². The first kappa shape index (κ1) is 19.3. The van der Waals surface area contributed by atoms with E-state index in [0.717, 1.165) is 0 Å². The van der Waals surface area contributed by atoms with Crippen molar-refractivity contribution < 1.29 is 24.2 Å². The molecule has 8 heteroatoms. The Balaban J connectivity index is 2.45. The number of aliphatic hydroxyl groups is 1. The quantitative estimate of drug-likeness (QED) is 0.450. The summed E-state index contributed by atoms with van der Waals surface area (Å²) >= 11 is 0. The molecule has 1 N–H and O–H groups in total. The number of benzene rings is 1. The summed E-state index contributed by atoms with van der Waals surface area (Å²) in [4.78, 5) is 12.2.